The van der Waals surface area contributed by atoms with Gasteiger partial charge in [0.1, 0.15) is 0 Å². The van der Waals surface area contributed by atoms with E-state index in [-0.39, 0.29) is 5.56 Å². The van der Waals surface area contributed by atoms with Crippen LogP contribution in [0.3, 0.4) is 0 Å². The van der Waals surface area contributed by atoms with Gasteiger partial charge in [-0.2, -0.15) is 4.31 Å². The highest BCUT2D eigenvalue weighted by Crippen LogP contribution is 2.30. The summed E-state index contributed by atoms with van der Waals surface area (Å²) >= 11 is 0. The Bertz CT molecular complexity index is 1180. The zero-order chi connectivity index (χ0) is 23.6. The standard InChI is InChI=1S/C23H27N5O4S/c1-16-4-3-5-17(2)21(16)18-6-8-20(9-7-18)33(31,32)28-12-10-27(11-13-28)23-24-14-19(15-25-23)22(29)26-30/h3-8,14-15,20,30H,9-13H2,1-2H3,(H,26,29). The number of anilines is 1. The number of carbonyl (C=O) groups excluding carboxylic acids is 1. The Balaban J connectivity index is 1.39. The maximum absolute atomic E-state index is 13.2. The molecular formula is C23H27N5O4S. The van der Waals surface area contributed by atoms with E-state index in [0.29, 0.717) is 38.5 Å². The molecule has 0 radical (unpaired) electrons. The van der Waals surface area contributed by atoms with Gasteiger partial charge >= 0.3 is 0 Å². The predicted molar refractivity (Wildman–Crippen MR) is 125 cm³/mol. The van der Waals surface area contributed by atoms with Crippen molar-refractivity contribution in [3.63, 3.8) is 0 Å². The number of hydrogen-bond donors (Lipinski definition) is 2. The predicted octanol–water partition coefficient (Wildman–Crippen LogP) is 2.08. The highest BCUT2D eigenvalue weighted by molar-refractivity contribution is 7.89. The smallest absolute Gasteiger partial charge is 0.277 e. The summed E-state index contributed by atoms with van der Waals surface area (Å²) in [5.74, 6) is -0.270. The summed E-state index contributed by atoms with van der Waals surface area (Å²) in [7, 11) is -3.48. The molecule has 1 unspecified atom stereocenters. The summed E-state index contributed by atoms with van der Waals surface area (Å²) in [6.07, 6.45) is 8.84. The molecule has 1 amide bonds. The zero-order valence-corrected chi connectivity index (χ0v) is 19.4. The van der Waals surface area contributed by atoms with Gasteiger partial charge < -0.3 is 4.90 Å². The van der Waals surface area contributed by atoms with Crippen molar-refractivity contribution in [3.05, 3.63) is 71.1 Å². The van der Waals surface area contributed by atoms with Crippen molar-refractivity contribution in [1.29, 1.82) is 0 Å². The zero-order valence-electron chi connectivity index (χ0n) is 18.6. The molecule has 1 aromatic carbocycles. The van der Waals surface area contributed by atoms with E-state index in [4.69, 9.17) is 5.21 Å². The van der Waals surface area contributed by atoms with Crippen LogP contribution in [0.2, 0.25) is 0 Å². The first-order valence-electron chi connectivity index (χ1n) is 10.8. The van der Waals surface area contributed by atoms with Crippen LogP contribution in [0, 0.1) is 13.8 Å². The van der Waals surface area contributed by atoms with Crippen LogP contribution in [-0.2, 0) is 10.0 Å². The van der Waals surface area contributed by atoms with Crippen molar-refractivity contribution in [2.75, 3.05) is 31.1 Å². The van der Waals surface area contributed by atoms with Gasteiger partial charge in [0.05, 0.1) is 10.8 Å². The topological polar surface area (TPSA) is 116 Å². The summed E-state index contributed by atoms with van der Waals surface area (Å²) in [5, 5.41) is 8.10. The summed E-state index contributed by atoms with van der Waals surface area (Å²) in [5.41, 5.74) is 6.26. The van der Waals surface area contributed by atoms with Crippen molar-refractivity contribution in [2.24, 2.45) is 0 Å². The molecule has 4 rings (SSSR count). The number of benzene rings is 1. The number of hydrogen-bond acceptors (Lipinski definition) is 7. The average Bonchev–Trinajstić information content (AvgIpc) is 2.84. The monoisotopic (exact) mass is 469 g/mol. The second-order valence-electron chi connectivity index (χ2n) is 8.20. The van der Waals surface area contributed by atoms with E-state index in [1.165, 1.54) is 38.9 Å². The summed E-state index contributed by atoms with van der Waals surface area (Å²) in [6, 6.07) is 6.16. The van der Waals surface area contributed by atoms with Gasteiger partial charge in [-0.05, 0) is 42.5 Å². The molecular weight excluding hydrogens is 442 g/mol. The Morgan fingerprint density at radius 1 is 1.09 bits per heavy atom. The Hall–Kier alpha value is -3.08. The molecule has 1 fully saturated rings. The van der Waals surface area contributed by atoms with Crippen molar-refractivity contribution < 1.29 is 18.4 Å². The molecule has 0 spiro atoms. The number of hydroxylamine groups is 1. The first-order chi connectivity index (χ1) is 15.8. The maximum atomic E-state index is 13.2. The van der Waals surface area contributed by atoms with Crippen LogP contribution in [-0.4, -0.2) is 65.2 Å². The summed E-state index contributed by atoms with van der Waals surface area (Å²) < 4.78 is 28.0. The van der Waals surface area contributed by atoms with E-state index >= 15 is 0 Å². The lowest BCUT2D eigenvalue weighted by Crippen LogP contribution is -2.51. The minimum absolute atomic E-state index is 0.139. The van der Waals surface area contributed by atoms with Crippen LogP contribution in [0.5, 0.6) is 0 Å². The van der Waals surface area contributed by atoms with Gasteiger partial charge in [0, 0.05) is 38.6 Å². The second-order valence-corrected chi connectivity index (χ2v) is 10.4. The van der Waals surface area contributed by atoms with Gasteiger partial charge in [-0.25, -0.2) is 23.9 Å². The Labute approximate surface area is 193 Å². The molecule has 2 aliphatic rings. The number of carbonyl (C=O) groups is 1. The number of rotatable bonds is 5. The third-order valence-corrected chi connectivity index (χ3v) is 8.30. The van der Waals surface area contributed by atoms with Gasteiger partial charge in [0.25, 0.3) is 5.91 Å². The fraction of sp³-hybridized carbons (Fsp3) is 0.348. The highest BCUT2D eigenvalue weighted by atomic mass is 32.2. The van der Waals surface area contributed by atoms with Crippen molar-refractivity contribution >= 4 is 27.5 Å². The fourth-order valence-corrected chi connectivity index (χ4v) is 5.95. The Kier molecular flexibility index (Phi) is 6.59. The number of aromatic nitrogens is 2. The molecule has 1 aliphatic heterocycles. The maximum Gasteiger partial charge on any atom is 0.277 e. The van der Waals surface area contributed by atoms with E-state index in [1.54, 1.807) is 6.08 Å². The third kappa shape index (κ3) is 4.68. The van der Waals surface area contributed by atoms with E-state index in [9.17, 15) is 13.2 Å². The van der Waals surface area contributed by atoms with Crippen molar-refractivity contribution in [2.45, 2.75) is 25.5 Å². The van der Waals surface area contributed by atoms with Gasteiger partial charge in [0.15, 0.2) is 0 Å². The molecule has 1 aliphatic carbocycles. The lowest BCUT2D eigenvalue weighted by molar-refractivity contribution is 0.0705. The van der Waals surface area contributed by atoms with Crippen LogP contribution in [0.4, 0.5) is 5.95 Å². The molecule has 1 atom stereocenters. The molecule has 2 aromatic rings. The van der Waals surface area contributed by atoms with Gasteiger partial charge in [-0.1, -0.05) is 36.4 Å². The van der Waals surface area contributed by atoms with Crippen LogP contribution in [0.15, 0.2) is 48.8 Å². The molecule has 2 N–H and O–H groups in total. The van der Waals surface area contributed by atoms with Gasteiger partial charge in [0.2, 0.25) is 16.0 Å². The van der Waals surface area contributed by atoms with Crippen LogP contribution >= 0.6 is 0 Å². The minimum Gasteiger partial charge on any atom is -0.338 e. The number of piperazine rings is 1. The molecule has 33 heavy (non-hydrogen) atoms. The van der Waals surface area contributed by atoms with E-state index in [0.717, 1.165) is 5.57 Å². The number of nitrogens with one attached hydrogen (secondary N) is 1. The van der Waals surface area contributed by atoms with Gasteiger partial charge in [-0.15, -0.1) is 0 Å². The highest BCUT2D eigenvalue weighted by Gasteiger charge is 2.34. The molecule has 9 nitrogen and oxygen atoms in total. The third-order valence-electron chi connectivity index (χ3n) is 6.10. The molecule has 1 aromatic heterocycles. The largest absolute Gasteiger partial charge is 0.338 e. The van der Waals surface area contributed by atoms with E-state index < -0.39 is 21.2 Å². The second kappa shape index (κ2) is 9.42. The SMILES string of the molecule is Cc1cccc(C)c1C1=CCC(S(=O)(=O)N2CCN(c3ncc(C(=O)NO)cn3)CC2)C=C1. The summed E-state index contributed by atoms with van der Waals surface area (Å²) in [4.78, 5) is 21.6. The number of amides is 1. The molecule has 2 heterocycles. The number of sulfonamides is 1. The quantitative estimate of drug-likeness (QED) is 0.509. The molecule has 10 heteroatoms. The normalized spacial score (nSPS) is 19.3. The molecule has 0 bridgehead atoms. The minimum atomic E-state index is -3.48. The van der Waals surface area contributed by atoms with Crippen LogP contribution in [0.25, 0.3) is 5.57 Å². The van der Waals surface area contributed by atoms with Crippen LogP contribution < -0.4 is 10.4 Å². The van der Waals surface area contributed by atoms with Crippen molar-refractivity contribution in [1.82, 2.24) is 19.8 Å². The van der Waals surface area contributed by atoms with E-state index in [1.807, 2.05) is 23.1 Å². The number of nitrogens with zero attached hydrogens (tertiary/aromatic N) is 4. The van der Waals surface area contributed by atoms with E-state index in [2.05, 4.69) is 35.9 Å². The number of allylic oxidation sites excluding steroid dienone is 3. The molecule has 174 valence electrons. The van der Waals surface area contributed by atoms with Gasteiger partial charge in [-0.3, -0.25) is 10.0 Å². The van der Waals surface area contributed by atoms with Crippen molar-refractivity contribution in [3.8, 4) is 0 Å². The fourth-order valence-electron chi connectivity index (χ4n) is 4.28. The van der Waals surface area contributed by atoms with Crippen LogP contribution in [0.1, 0.15) is 33.5 Å². The lowest BCUT2D eigenvalue weighted by atomic mass is 9.92. The molecule has 1 saturated heterocycles. The molecule has 0 saturated carbocycles. The first-order valence-corrected chi connectivity index (χ1v) is 12.3. The Morgan fingerprint density at radius 2 is 1.73 bits per heavy atom. The summed E-state index contributed by atoms with van der Waals surface area (Å²) in [6.45, 7) is 5.70. The average molecular weight is 470 g/mol. The lowest BCUT2D eigenvalue weighted by Gasteiger charge is -2.35. The first kappa shape index (κ1) is 23.1. The number of aryl methyl sites for hydroxylation is 2. The Morgan fingerprint density at radius 3 is 2.27 bits per heavy atom.